The predicted octanol–water partition coefficient (Wildman–Crippen LogP) is 2.60. The average Bonchev–Trinajstić information content (AvgIpc) is 3.23. The highest BCUT2D eigenvalue weighted by atomic mass is 32.1. The van der Waals surface area contributed by atoms with Gasteiger partial charge in [0.25, 0.3) is 0 Å². The minimum absolute atomic E-state index is 0.108. The van der Waals surface area contributed by atoms with Crippen molar-refractivity contribution in [1.29, 1.82) is 0 Å². The monoisotopic (exact) mass is 365 g/mol. The molecule has 2 aliphatic rings. The molecule has 0 bridgehead atoms. The molecule has 0 unspecified atom stereocenters. The number of hydrogen-bond acceptors (Lipinski definition) is 6. The van der Waals surface area contributed by atoms with Crippen LogP contribution in [0.3, 0.4) is 0 Å². The van der Waals surface area contributed by atoms with Gasteiger partial charge in [-0.1, -0.05) is 6.07 Å². The molecule has 0 saturated carbocycles. The Morgan fingerprint density at radius 1 is 1.04 bits per heavy atom. The fourth-order valence-electron chi connectivity index (χ4n) is 3.60. The number of rotatable bonds is 2. The zero-order valence-corrected chi connectivity index (χ0v) is 15.1. The normalized spacial score (nSPS) is 17.5. The van der Waals surface area contributed by atoms with E-state index in [4.69, 9.17) is 4.74 Å². The molecule has 0 amide bonds. The van der Waals surface area contributed by atoms with Crippen molar-refractivity contribution >= 4 is 43.0 Å². The molecule has 1 aromatic heterocycles. The number of amidine groups is 1. The van der Waals surface area contributed by atoms with E-state index in [1.165, 1.54) is 0 Å². The molecular weight excluding hydrogens is 346 g/mol. The lowest BCUT2D eigenvalue weighted by molar-refractivity contribution is 0.122. The first-order chi connectivity index (χ1) is 12.8. The second kappa shape index (κ2) is 6.37. The SMILES string of the molecule is O=c1c2ccc(C3=NCCN3)cc2sc2ccc(N3CCOCC3)cc12. The van der Waals surface area contributed by atoms with Crippen molar-refractivity contribution in [3.8, 4) is 0 Å². The zero-order valence-electron chi connectivity index (χ0n) is 14.3. The molecule has 2 aliphatic heterocycles. The Hall–Kier alpha value is -2.44. The molecule has 0 atom stereocenters. The molecule has 1 saturated heterocycles. The van der Waals surface area contributed by atoms with Crippen LogP contribution in [0.1, 0.15) is 5.56 Å². The molecule has 26 heavy (non-hydrogen) atoms. The van der Waals surface area contributed by atoms with Gasteiger partial charge in [0, 0.05) is 51.1 Å². The van der Waals surface area contributed by atoms with E-state index in [0.29, 0.717) is 0 Å². The van der Waals surface area contributed by atoms with Crippen molar-refractivity contribution < 1.29 is 4.74 Å². The van der Waals surface area contributed by atoms with Crippen molar-refractivity contribution in [2.45, 2.75) is 0 Å². The van der Waals surface area contributed by atoms with Gasteiger partial charge in [-0.2, -0.15) is 0 Å². The van der Waals surface area contributed by atoms with Crippen molar-refractivity contribution in [3.63, 3.8) is 0 Å². The molecule has 3 heterocycles. The Morgan fingerprint density at radius 2 is 1.92 bits per heavy atom. The number of anilines is 1. The largest absolute Gasteiger partial charge is 0.378 e. The van der Waals surface area contributed by atoms with Gasteiger partial charge in [-0.15, -0.1) is 11.3 Å². The summed E-state index contributed by atoms with van der Waals surface area (Å²) in [6.45, 7) is 4.91. The summed E-state index contributed by atoms with van der Waals surface area (Å²) in [4.78, 5) is 19.8. The van der Waals surface area contributed by atoms with Crippen LogP contribution in [-0.4, -0.2) is 45.2 Å². The van der Waals surface area contributed by atoms with Gasteiger partial charge in [-0.05, 0) is 30.3 Å². The maximum atomic E-state index is 13.1. The highest BCUT2D eigenvalue weighted by Gasteiger charge is 2.15. The Morgan fingerprint density at radius 3 is 2.73 bits per heavy atom. The highest BCUT2D eigenvalue weighted by molar-refractivity contribution is 7.24. The Kier molecular flexibility index (Phi) is 3.87. The molecule has 5 nitrogen and oxygen atoms in total. The van der Waals surface area contributed by atoms with Crippen molar-refractivity contribution in [2.24, 2.45) is 4.99 Å². The summed E-state index contributed by atoms with van der Waals surface area (Å²) in [5, 5.41) is 4.88. The molecule has 0 radical (unpaired) electrons. The van der Waals surface area contributed by atoms with Crippen LogP contribution < -0.4 is 15.6 Å². The topological polar surface area (TPSA) is 53.9 Å². The number of ether oxygens (including phenoxy) is 1. The molecule has 1 N–H and O–H groups in total. The van der Waals surface area contributed by atoms with E-state index in [1.807, 2.05) is 18.2 Å². The molecule has 0 aliphatic carbocycles. The maximum Gasteiger partial charge on any atom is 0.195 e. The van der Waals surface area contributed by atoms with Crippen LogP contribution in [0.2, 0.25) is 0 Å². The second-order valence-electron chi connectivity index (χ2n) is 6.58. The highest BCUT2D eigenvalue weighted by Crippen LogP contribution is 2.29. The van der Waals surface area contributed by atoms with E-state index in [1.54, 1.807) is 11.3 Å². The number of benzene rings is 2. The number of nitrogens with zero attached hydrogens (tertiary/aromatic N) is 2. The number of aliphatic imine (C=N–C) groups is 1. The summed E-state index contributed by atoms with van der Waals surface area (Å²) in [5.41, 5.74) is 2.26. The first-order valence-corrected chi connectivity index (χ1v) is 9.73. The molecule has 1 fully saturated rings. The summed E-state index contributed by atoms with van der Waals surface area (Å²) in [7, 11) is 0. The third-order valence-corrected chi connectivity index (χ3v) is 6.11. The molecule has 5 rings (SSSR count). The van der Waals surface area contributed by atoms with Gasteiger partial charge in [0.05, 0.1) is 19.8 Å². The average molecular weight is 365 g/mol. The molecule has 2 aromatic carbocycles. The lowest BCUT2D eigenvalue weighted by atomic mass is 10.1. The Bertz CT molecular complexity index is 1080. The van der Waals surface area contributed by atoms with E-state index in [2.05, 4.69) is 33.4 Å². The number of hydrogen-bond donors (Lipinski definition) is 1. The zero-order chi connectivity index (χ0) is 17.5. The summed E-state index contributed by atoms with van der Waals surface area (Å²) in [5.74, 6) is 0.925. The lowest BCUT2D eigenvalue weighted by Gasteiger charge is -2.29. The van der Waals surface area contributed by atoms with E-state index in [9.17, 15) is 4.79 Å². The van der Waals surface area contributed by atoms with Gasteiger partial charge in [-0.3, -0.25) is 9.79 Å². The van der Waals surface area contributed by atoms with Crippen LogP contribution in [0.15, 0.2) is 46.2 Å². The summed E-state index contributed by atoms with van der Waals surface area (Å²) in [6, 6.07) is 12.2. The van der Waals surface area contributed by atoms with Crippen LogP contribution in [-0.2, 0) is 4.74 Å². The quantitative estimate of drug-likeness (QED) is 0.710. The predicted molar refractivity (Wildman–Crippen MR) is 108 cm³/mol. The first kappa shape index (κ1) is 15.8. The van der Waals surface area contributed by atoms with Gasteiger partial charge >= 0.3 is 0 Å². The van der Waals surface area contributed by atoms with Crippen molar-refractivity contribution in [2.75, 3.05) is 44.3 Å². The Labute approximate surface area is 154 Å². The van der Waals surface area contributed by atoms with Gasteiger partial charge in [0.1, 0.15) is 5.84 Å². The van der Waals surface area contributed by atoms with Crippen molar-refractivity contribution in [3.05, 3.63) is 52.2 Å². The second-order valence-corrected chi connectivity index (χ2v) is 7.66. The molecular formula is C20H19N3O2S. The lowest BCUT2D eigenvalue weighted by Crippen LogP contribution is -2.36. The third kappa shape index (κ3) is 2.66. The standard InChI is InChI=1S/C20H19N3O2S/c24-19-15-3-1-13(20-21-5-6-22-20)11-18(15)26-17-4-2-14(12-16(17)19)23-7-9-25-10-8-23/h1-4,11-12H,5-10H2,(H,21,22). The summed E-state index contributed by atoms with van der Waals surface area (Å²) in [6.07, 6.45) is 0. The molecule has 3 aromatic rings. The van der Waals surface area contributed by atoms with E-state index in [0.717, 1.165) is 76.7 Å². The van der Waals surface area contributed by atoms with Crippen LogP contribution in [0.25, 0.3) is 20.2 Å². The smallest absolute Gasteiger partial charge is 0.195 e. The van der Waals surface area contributed by atoms with E-state index < -0.39 is 0 Å². The molecule has 6 heteroatoms. The van der Waals surface area contributed by atoms with Crippen LogP contribution in [0.4, 0.5) is 5.69 Å². The van der Waals surface area contributed by atoms with Crippen LogP contribution in [0, 0.1) is 0 Å². The summed E-state index contributed by atoms with van der Waals surface area (Å²) >= 11 is 1.67. The Balaban J connectivity index is 1.63. The van der Waals surface area contributed by atoms with Gasteiger partial charge in [0.15, 0.2) is 5.43 Å². The minimum Gasteiger partial charge on any atom is -0.378 e. The van der Waals surface area contributed by atoms with E-state index in [-0.39, 0.29) is 5.43 Å². The number of morpholine rings is 1. The number of nitrogens with one attached hydrogen (secondary N) is 1. The fourth-order valence-corrected chi connectivity index (χ4v) is 4.69. The van der Waals surface area contributed by atoms with Gasteiger partial charge in [-0.25, -0.2) is 0 Å². The van der Waals surface area contributed by atoms with Crippen LogP contribution in [0.5, 0.6) is 0 Å². The third-order valence-electron chi connectivity index (χ3n) is 4.98. The van der Waals surface area contributed by atoms with Crippen LogP contribution >= 0.6 is 11.3 Å². The van der Waals surface area contributed by atoms with Crippen molar-refractivity contribution in [1.82, 2.24) is 5.32 Å². The van der Waals surface area contributed by atoms with E-state index >= 15 is 0 Å². The first-order valence-electron chi connectivity index (χ1n) is 8.92. The number of fused-ring (bicyclic) bond motifs is 2. The fraction of sp³-hybridized carbons (Fsp3) is 0.300. The molecule has 132 valence electrons. The maximum absolute atomic E-state index is 13.1. The summed E-state index contributed by atoms with van der Waals surface area (Å²) < 4.78 is 7.46. The van der Waals surface area contributed by atoms with Gasteiger partial charge in [0.2, 0.25) is 0 Å². The van der Waals surface area contributed by atoms with Gasteiger partial charge < -0.3 is 15.0 Å². The minimum atomic E-state index is 0.108. The molecule has 0 spiro atoms.